The Kier molecular flexibility index (Phi) is 5.85. The Bertz CT molecular complexity index is 1020. The van der Waals surface area contributed by atoms with E-state index in [4.69, 9.17) is 16.3 Å². The van der Waals surface area contributed by atoms with Crippen LogP contribution in [0.2, 0.25) is 5.02 Å². The van der Waals surface area contributed by atoms with Crippen molar-refractivity contribution in [1.82, 2.24) is 4.98 Å². The van der Waals surface area contributed by atoms with Crippen LogP contribution < -0.4 is 15.6 Å². The third-order valence-electron chi connectivity index (χ3n) is 4.72. The Morgan fingerprint density at radius 3 is 2.62 bits per heavy atom. The number of carbonyl (C=O) groups excluding carboxylic acids is 2. The monoisotopic (exact) mass is 416 g/mol. The van der Waals surface area contributed by atoms with Crippen molar-refractivity contribution >= 4 is 29.0 Å². The summed E-state index contributed by atoms with van der Waals surface area (Å²) < 4.78 is 5.62. The van der Waals surface area contributed by atoms with Gasteiger partial charge in [-0.3, -0.25) is 14.4 Å². The fourth-order valence-electron chi connectivity index (χ4n) is 3.35. The molecule has 7 heteroatoms. The molecular formula is C22H25ClN2O4. The van der Waals surface area contributed by atoms with Crippen LogP contribution in [-0.2, 0) is 6.42 Å². The molecule has 0 bridgehead atoms. The number of rotatable bonds is 5. The number of halogens is 1. The highest BCUT2D eigenvalue weighted by molar-refractivity contribution is 6.32. The lowest BCUT2D eigenvalue weighted by Gasteiger charge is -2.29. The van der Waals surface area contributed by atoms with E-state index in [1.54, 1.807) is 18.2 Å². The summed E-state index contributed by atoms with van der Waals surface area (Å²) in [6.45, 7) is 8.55. The Labute approximate surface area is 174 Å². The molecule has 0 unspecified atom stereocenters. The van der Waals surface area contributed by atoms with Crippen molar-refractivity contribution < 1.29 is 14.3 Å². The van der Waals surface area contributed by atoms with E-state index in [-0.39, 0.29) is 16.8 Å². The van der Waals surface area contributed by atoms with Crippen molar-refractivity contribution in [3.05, 3.63) is 56.5 Å². The predicted molar refractivity (Wildman–Crippen MR) is 113 cm³/mol. The van der Waals surface area contributed by atoms with Crippen LogP contribution >= 0.6 is 11.6 Å². The van der Waals surface area contributed by atoms with E-state index < -0.39 is 11.5 Å². The van der Waals surface area contributed by atoms with Gasteiger partial charge >= 0.3 is 0 Å². The van der Waals surface area contributed by atoms with Gasteiger partial charge in [0.15, 0.2) is 5.78 Å². The van der Waals surface area contributed by atoms with Crippen LogP contribution in [0.4, 0.5) is 5.69 Å². The lowest BCUT2D eigenvalue weighted by atomic mass is 9.75. The van der Waals surface area contributed by atoms with Gasteiger partial charge in [-0.15, -0.1) is 0 Å². The van der Waals surface area contributed by atoms with Gasteiger partial charge in [0.1, 0.15) is 11.3 Å². The predicted octanol–water partition coefficient (Wildman–Crippen LogP) is 4.47. The van der Waals surface area contributed by atoms with Gasteiger partial charge in [0.25, 0.3) is 11.5 Å². The molecule has 2 aromatic rings. The first kappa shape index (κ1) is 21.1. The molecule has 1 amide bonds. The molecule has 0 aliphatic heterocycles. The standard InChI is InChI=1S/C22H25ClN2O4/c1-12(2)11-29-19-6-5-13(7-16(19)23)24-20(27)15-8-14-17(25-21(15)28)9-22(3,4)10-18(14)26/h5-8,12H,9-11H2,1-4H3,(H,24,27)(H,25,28). The van der Waals surface area contributed by atoms with E-state index in [2.05, 4.69) is 10.3 Å². The third-order valence-corrected chi connectivity index (χ3v) is 5.02. The molecule has 2 N–H and O–H groups in total. The summed E-state index contributed by atoms with van der Waals surface area (Å²) in [5.41, 5.74) is 0.587. The fraction of sp³-hybridized carbons (Fsp3) is 0.409. The van der Waals surface area contributed by atoms with Crippen LogP contribution in [0.5, 0.6) is 5.75 Å². The minimum Gasteiger partial charge on any atom is -0.492 e. The minimum atomic E-state index is -0.599. The van der Waals surface area contributed by atoms with Gasteiger partial charge in [0, 0.05) is 23.4 Å². The Hall–Kier alpha value is -2.60. The molecule has 29 heavy (non-hydrogen) atoms. The van der Waals surface area contributed by atoms with Crippen LogP contribution in [0.15, 0.2) is 29.1 Å². The summed E-state index contributed by atoms with van der Waals surface area (Å²) in [4.78, 5) is 40.3. The smallest absolute Gasteiger partial charge is 0.261 e. The van der Waals surface area contributed by atoms with Crippen molar-refractivity contribution in [2.75, 3.05) is 11.9 Å². The second-order valence-corrected chi connectivity index (χ2v) is 9.06. The zero-order valence-electron chi connectivity index (χ0n) is 17.0. The van der Waals surface area contributed by atoms with Gasteiger partial charge in [-0.2, -0.15) is 0 Å². The lowest BCUT2D eigenvalue weighted by molar-refractivity contribution is 0.0910. The van der Waals surface area contributed by atoms with E-state index in [0.29, 0.717) is 53.1 Å². The van der Waals surface area contributed by atoms with Gasteiger partial charge in [0.2, 0.25) is 0 Å². The third kappa shape index (κ3) is 4.88. The molecule has 1 aliphatic rings. The molecule has 1 aromatic heterocycles. The zero-order valence-corrected chi connectivity index (χ0v) is 17.8. The van der Waals surface area contributed by atoms with Gasteiger partial charge in [0.05, 0.1) is 11.6 Å². The number of nitrogens with one attached hydrogen (secondary N) is 2. The van der Waals surface area contributed by atoms with Crippen molar-refractivity contribution in [3.63, 3.8) is 0 Å². The van der Waals surface area contributed by atoms with Gasteiger partial charge < -0.3 is 15.0 Å². The molecule has 0 atom stereocenters. The number of hydrogen-bond acceptors (Lipinski definition) is 4. The Morgan fingerprint density at radius 2 is 1.97 bits per heavy atom. The fourth-order valence-corrected chi connectivity index (χ4v) is 3.58. The van der Waals surface area contributed by atoms with E-state index in [0.717, 1.165) is 0 Å². The molecule has 3 rings (SSSR count). The van der Waals surface area contributed by atoms with Gasteiger partial charge in [-0.25, -0.2) is 0 Å². The number of ketones is 1. The quantitative estimate of drug-likeness (QED) is 0.752. The van der Waals surface area contributed by atoms with Crippen LogP contribution in [0.25, 0.3) is 0 Å². The maximum atomic E-state index is 12.6. The van der Waals surface area contributed by atoms with Crippen molar-refractivity contribution in [2.45, 2.75) is 40.5 Å². The SMILES string of the molecule is CC(C)COc1ccc(NC(=O)c2cc3c([nH]c2=O)CC(C)(C)CC3=O)cc1Cl. The van der Waals surface area contributed by atoms with E-state index in [1.807, 2.05) is 27.7 Å². The Balaban J connectivity index is 1.81. The highest BCUT2D eigenvalue weighted by atomic mass is 35.5. The van der Waals surface area contributed by atoms with Crippen LogP contribution in [0.1, 0.15) is 60.5 Å². The number of fused-ring (bicyclic) bond motifs is 1. The number of anilines is 1. The number of benzene rings is 1. The molecule has 0 saturated carbocycles. The number of H-pyrrole nitrogens is 1. The first-order valence-corrected chi connectivity index (χ1v) is 9.96. The summed E-state index contributed by atoms with van der Waals surface area (Å²) in [6, 6.07) is 6.28. The van der Waals surface area contributed by atoms with Crippen LogP contribution in [-0.4, -0.2) is 23.3 Å². The summed E-state index contributed by atoms with van der Waals surface area (Å²) in [5.74, 6) is 0.211. The zero-order chi connectivity index (χ0) is 21.3. The molecule has 0 radical (unpaired) electrons. The number of Topliss-reactive ketones (excluding diaryl/α,β-unsaturated/α-hetero) is 1. The van der Waals surface area contributed by atoms with Gasteiger partial charge in [-0.1, -0.05) is 39.3 Å². The van der Waals surface area contributed by atoms with E-state index >= 15 is 0 Å². The molecule has 0 fully saturated rings. The molecule has 1 heterocycles. The minimum absolute atomic E-state index is 0.0729. The number of carbonyl (C=O) groups is 2. The first-order valence-electron chi connectivity index (χ1n) is 9.59. The second kappa shape index (κ2) is 8.03. The van der Waals surface area contributed by atoms with Crippen LogP contribution in [0.3, 0.4) is 0 Å². The molecule has 0 saturated heterocycles. The number of aromatic nitrogens is 1. The summed E-state index contributed by atoms with van der Waals surface area (Å²) in [5, 5.41) is 3.02. The molecule has 6 nitrogen and oxygen atoms in total. The second-order valence-electron chi connectivity index (χ2n) is 8.65. The topological polar surface area (TPSA) is 88.3 Å². The normalized spacial score (nSPS) is 15.2. The molecule has 0 spiro atoms. The first-order chi connectivity index (χ1) is 13.6. The molecular weight excluding hydrogens is 392 g/mol. The summed E-state index contributed by atoms with van der Waals surface area (Å²) in [6.07, 6.45) is 0.958. The maximum Gasteiger partial charge on any atom is 0.261 e. The number of pyridine rings is 1. The highest BCUT2D eigenvalue weighted by Crippen LogP contribution is 2.33. The Morgan fingerprint density at radius 1 is 1.24 bits per heavy atom. The highest BCUT2D eigenvalue weighted by Gasteiger charge is 2.32. The van der Waals surface area contributed by atoms with Gasteiger partial charge in [-0.05, 0) is 42.0 Å². The molecule has 1 aromatic carbocycles. The largest absolute Gasteiger partial charge is 0.492 e. The lowest BCUT2D eigenvalue weighted by Crippen LogP contribution is -2.32. The van der Waals surface area contributed by atoms with E-state index in [1.165, 1.54) is 6.07 Å². The summed E-state index contributed by atoms with van der Waals surface area (Å²) >= 11 is 6.23. The number of ether oxygens (including phenoxy) is 1. The van der Waals surface area contributed by atoms with Crippen molar-refractivity contribution in [1.29, 1.82) is 0 Å². The van der Waals surface area contributed by atoms with Crippen molar-refractivity contribution in [3.8, 4) is 5.75 Å². The molecule has 154 valence electrons. The van der Waals surface area contributed by atoms with E-state index in [9.17, 15) is 14.4 Å². The molecule has 1 aliphatic carbocycles. The summed E-state index contributed by atoms with van der Waals surface area (Å²) in [7, 11) is 0. The van der Waals surface area contributed by atoms with Crippen LogP contribution in [0, 0.1) is 11.3 Å². The number of aromatic amines is 1. The average Bonchev–Trinajstić information content (AvgIpc) is 2.59. The number of hydrogen-bond donors (Lipinski definition) is 2. The van der Waals surface area contributed by atoms with Crippen molar-refractivity contribution in [2.24, 2.45) is 11.3 Å². The average molecular weight is 417 g/mol. The number of amides is 1. The maximum absolute atomic E-state index is 12.6.